The van der Waals surface area contributed by atoms with Crippen LogP contribution in [0.2, 0.25) is 5.15 Å². The van der Waals surface area contributed by atoms with Crippen LogP contribution in [0.25, 0.3) is 0 Å². The molecule has 0 spiro atoms. The summed E-state index contributed by atoms with van der Waals surface area (Å²) in [6.45, 7) is 4.70. The first-order chi connectivity index (χ1) is 8.19. The van der Waals surface area contributed by atoms with E-state index in [0.29, 0.717) is 17.4 Å². The van der Waals surface area contributed by atoms with Gasteiger partial charge in [0.05, 0.1) is 18.8 Å². The van der Waals surface area contributed by atoms with Crippen LogP contribution in [0, 0.1) is 6.92 Å². The second-order valence-corrected chi connectivity index (χ2v) is 5.29. The molecule has 17 heavy (non-hydrogen) atoms. The molecule has 3 rings (SSSR count). The number of ether oxygens (including phenoxy) is 1. The van der Waals surface area contributed by atoms with Crippen molar-refractivity contribution >= 4 is 11.6 Å². The third kappa shape index (κ3) is 2.59. The van der Waals surface area contributed by atoms with Crippen molar-refractivity contribution in [2.45, 2.75) is 38.5 Å². The number of hydrogen-bond donors (Lipinski definition) is 0. The van der Waals surface area contributed by atoms with E-state index in [4.69, 9.17) is 16.3 Å². The van der Waals surface area contributed by atoms with E-state index < -0.39 is 0 Å². The molecule has 0 radical (unpaired) electrons. The summed E-state index contributed by atoms with van der Waals surface area (Å²) < 4.78 is 5.80. The fourth-order valence-electron chi connectivity index (χ4n) is 2.69. The molecule has 2 saturated heterocycles. The Balaban J connectivity index is 1.70. The average molecular weight is 254 g/mol. The lowest BCUT2D eigenvalue weighted by Crippen LogP contribution is -2.42. The minimum absolute atomic E-state index is 0.411. The third-order valence-corrected chi connectivity index (χ3v) is 3.55. The number of fused-ring (bicyclic) bond motifs is 2. The van der Waals surface area contributed by atoms with Gasteiger partial charge in [-0.2, -0.15) is 0 Å². The van der Waals surface area contributed by atoms with Crippen molar-refractivity contribution in [1.82, 2.24) is 14.9 Å². The Morgan fingerprint density at radius 2 is 2.06 bits per heavy atom. The maximum absolute atomic E-state index is 5.94. The van der Waals surface area contributed by atoms with Gasteiger partial charge in [-0.25, -0.2) is 9.97 Å². The van der Waals surface area contributed by atoms with Gasteiger partial charge in [0, 0.05) is 18.8 Å². The van der Waals surface area contributed by atoms with Crippen LogP contribution >= 0.6 is 11.6 Å². The fraction of sp³-hybridized carbons (Fsp3) is 0.667. The van der Waals surface area contributed by atoms with E-state index in [1.165, 1.54) is 12.8 Å². The number of nitrogens with zero attached hydrogens (tertiary/aromatic N) is 3. The third-order valence-electron chi connectivity index (χ3n) is 3.35. The van der Waals surface area contributed by atoms with Crippen LogP contribution in [0.3, 0.4) is 0 Å². The molecule has 0 amide bonds. The lowest BCUT2D eigenvalue weighted by atomic mass is 10.2. The van der Waals surface area contributed by atoms with Crippen molar-refractivity contribution in [2.75, 3.05) is 13.1 Å². The number of aryl methyl sites for hydroxylation is 1. The first-order valence-corrected chi connectivity index (χ1v) is 6.45. The van der Waals surface area contributed by atoms with Gasteiger partial charge in [0.1, 0.15) is 11.0 Å². The molecule has 1 aromatic heterocycles. The van der Waals surface area contributed by atoms with Crippen molar-refractivity contribution in [1.29, 1.82) is 0 Å². The summed E-state index contributed by atoms with van der Waals surface area (Å²) >= 11 is 5.94. The molecule has 0 saturated carbocycles. The molecule has 5 heteroatoms. The van der Waals surface area contributed by atoms with Gasteiger partial charge in [0.15, 0.2) is 0 Å². The molecule has 3 heterocycles. The maximum Gasteiger partial charge on any atom is 0.144 e. The van der Waals surface area contributed by atoms with Crippen LogP contribution in [0.15, 0.2) is 6.07 Å². The summed E-state index contributed by atoms with van der Waals surface area (Å²) in [5.41, 5.74) is 0.927. The zero-order valence-corrected chi connectivity index (χ0v) is 10.7. The molecule has 2 aliphatic heterocycles. The van der Waals surface area contributed by atoms with E-state index >= 15 is 0 Å². The van der Waals surface area contributed by atoms with Crippen LogP contribution in [0.4, 0.5) is 0 Å². The zero-order valence-electron chi connectivity index (χ0n) is 9.90. The summed E-state index contributed by atoms with van der Waals surface area (Å²) in [5.74, 6) is 0.816. The Kier molecular flexibility index (Phi) is 3.03. The molecule has 2 aliphatic rings. The van der Waals surface area contributed by atoms with Gasteiger partial charge in [-0.05, 0) is 25.8 Å². The molecule has 4 nitrogen and oxygen atoms in total. The predicted octanol–water partition coefficient (Wildman–Crippen LogP) is 1.80. The smallest absolute Gasteiger partial charge is 0.144 e. The molecule has 0 aliphatic carbocycles. The van der Waals surface area contributed by atoms with Crippen molar-refractivity contribution in [3.8, 4) is 0 Å². The Morgan fingerprint density at radius 3 is 2.71 bits per heavy atom. The number of rotatable bonds is 2. The second-order valence-electron chi connectivity index (χ2n) is 4.90. The highest BCUT2D eigenvalue weighted by atomic mass is 35.5. The molecule has 2 atom stereocenters. The van der Waals surface area contributed by atoms with Crippen LogP contribution in [0.5, 0.6) is 0 Å². The van der Waals surface area contributed by atoms with E-state index in [1.807, 2.05) is 6.92 Å². The highest BCUT2D eigenvalue weighted by molar-refractivity contribution is 6.29. The second kappa shape index (κ2) is 4.52. The monoisotopic (exact) mass is 253 g/mol. The SMILES string of the molecule is Cc1cc(Cl)nc(CN2CC3CCC(C2)O3)n1. The van der Waals surface area contributed by atoms with Gasteiger partial charge in [0.25, 0.3) is 0 Å². The first-order valence-electron chi connectivity index (χ1n) is 6.07. The summed E-state index contributed by atoms with van der Waals surface area (Å²) in [6.07, 6.45) is 3.20. The lowest BCUT2D eigenvalue weighted by molar-refractivity contribution is -0.0417. The van der Waals surface area contributed by atoms with E-state index in [0.717, 1.165) is 31.2 Å². The van der Waals surface area contributed by atoms with Gasteiger partial charge in [-0.15, -0.1) is 0 Å². The lowest BCUT2D eigenvalue weighted by Gasteiger charge is -2.31. The summed E-state index contributed by atoms with van der Waals surface area (Å²) in [4.78, 5) is 11.1. The number of aromatic nitrogens is 2. The van der Waals surface area contributed by atoms with Gasteiger partial charge < -0.3 is 4.74 Å². The highest BCUT2D eigenvalue weighted by Crippen LogP contribution is 2.26. The fourth-order valence-corrected chi connectivity index (χ4v) is 2.94. The Hall–Kier alpha value is -0.710. The summed E-state index contributed by atoms with van der Waals surface area (Å²) in [6, 6.07) is 1.79. The maximum atomic E-state index is 5.94. The number of morpholine rings is 1. The average Bonchev–Trinajstić information content (AvgIpc) is 2.56. The molecular formula is C12H16ClN3O. The predicted molar refractivity (Wildman–Crippen MR) is 65.0 cm³/mol. The molecule has 2 unspecified atom stereocenters. The van der Waals surface area contributed by atoms with E-state index in [1.54, 1.807) is 6.07 Å². The van der Waals surface area contributed by atoms with Crippen molar-refractivity contribution in [2.24, 2.45) is 0 Å². The van der Waals surface area contributed by atoms with Gasteiger partial charge in [-0.1, -0.05) is 11.6 Å². The molecule has 0 N–H and O–H groups in total. The number of likely N-dealkylation sites (tertiary alicyclic amines) is 1. The van der Waals surface area contributed by atoms with Crippen LogP contribution in [-0.2, 0) is 11.3 Å². The Morgan fingerprint density at radius 1 is 1.35 bits per heavy atom. The zero-order chi connectivity index (χ0) is 11.8. The van der Waals surface area contributed by atoms with Crippen LogP contribution in [0.1, 0.15) is 24.4 Å². The number of halogens is 1. The number of hydrogen-bond acceptors (Lipinski definition) is 4. The topological polar surface area (TPSA) is 38.2 Å². The standard InChI is InChI=1S/C12H16ClN3O/c1-8-4-11(13)15-12(14-8)7-16-5-9-2-3-10(6-16)17-9/h4,9-10H,2-3,5-7H2,1H3. The molecule has 0 aromatic carbocycles. The van der Waals surface area contributed by atoms with Crippen molar-refractivity contribution in [3.05, 3.63) is 22.7 Å². The van der Waals surface area contributed by atoms with E-state index in [9.17, 15) is 0 Å². The van der Waals surface area contributed by atoms with E-state index in [2.05, 4.69) is 14.9 Å². The summed E-state index contributed by atoms with van der Waals surface area (Å²) in [7, 11) is 0. The van der Waals surface area contributed by atoms with Crippen molar-refractivity contribution in [3.63, 3.8) is 0 Å². The normalized spacial score (nSPS) is 28.6. The highest BCUT2D eigenvalue weighted by Gasteiger charge is 2.33. The Bertz CT molecular complexity index is 394. The molecule has 1 aromatic rings. The van der Waals surface area contributed by atoms with Gasteiger partial charge in [-0.3, -0.25) is 4.90 Å². The van der Waals surface area contributed by atoms with Crippen LogP contribution in [-0.4, -0.2) is 40.2 Å². The molecule has 92 valence electrons. The first kappa shape index (κ1) is 11.4. The minimum atomic E-state index is 0.411. The van der Waals surface area contributed by atoms with Gasteiger partial charge >= 0.3 is 0 Å². The minimum Gasteiger partial charge on any atom is -0.372 e. The van der Waals surface area contributed by atoms with Crippen LogP contribution < -0.4 is 0 Å². The van der Waals surface area contributed by atoms with Gasteiger partial charge in [0.2, 0.25) is 0 Å². The Labute approximate surface area is 106 Å². The van der Waals surface area contributed by atoms with Crippen molar-refractivity contribution < 1.29 is 4.74 Å². The molecule has 2 bridgehead atoms. The molecular weight excluding hydrogens is 238 g/mol. The summed E-state index contributed by atoms with van der Waals surface area (Å²) in [5, 5.41) is 0.531. The molecule has 2 fully saturated rings. The largest absolute Gasteiger partial charge is 0.372 e. The quantitative estimate of drug-likeness (QED) is 0.754. The van der Waals surface area contributed by atoms with E-state index in [-0.39, 0.29) is 0 Å².